The summed E-state index contributed by atoms with van der Waals surface area (Å²) in [4.78, 5) is 1.08. The standard InChI is InChI=1S/C15H20O2S/c1-6-7-15(5)8-18-14-11(4)12(16)9(2)10(3)13(14)17-15/h6-7,16H,8H2,1-5H3/b7-6+. The third kappa shape index (κ3) is 2.01. The molecule has 1 N–H and O–H groups in total. The highest BCUT2D eigenvalue weighted by Gasteiger charge is 2.32. The smallest absolute Gasteiger partial charge is 0.137 e. The molecule has 0 fully saturated rings. The Labute approximate surface area is 113 Å². The molecule has 0 saturated carbocycles. The number of ether oxygens (including phenoxy) is 1. The lowest BCUT2D eigenvalue weighted by atomic mass is 10.0. The van der Waals surface area contributed by atoms with Gasteiger partial charge in [0.1, 0.15) is 17.1 Å². The second-order valence-electron chi connectivity index (χ2n) is 5.09. The van der Waals surface area contributed by atoms with E-state index in [1.54, 1.807) is 11.8 Å². The second-order valence-corrected chi connectivity index (χ2v) is 6.07. The fraction of sp³-hybridized carbons (Fsp3) is 0.467. The SMILES string of the molecule is C/C=C/C1(C)CSc2c(C)c(O)c(C)c(C)c2O1. The van der Waals surface area contributed by atoms with E-state index >= 15 is 0 Å². The third-order valence-corrected chi connectivity index (χ3v) is 5.02. The zero-order valence-corrected chi connectivity index (χ0v) is 12.4. The molecule has 1 aromatic rings. The minimum Gasteiger partial charge on any atom is -0.507 e. The Balaban J connectivity index is 2.57. The van der Waals surface area contributed by atoms with Crippen LogP contribution in [0.25, 0.3) is 0 Å². The van der Waals surface area contributed by atoms with Gasteiger partial charge in [-0.05, 0) is 51.8 Å². The first kappa shape index (κ1) is 13.3. The van der Waals surface area contributed by atoms with Crippen LogP contribution in [0.15, 0.2) is 17.0 Å². The van der Waals surface area contributed by atoms with Crippen LogP contribution in [0.5, 0.6) is 11.5 Å². The van der Waals surface area contributed by atoms with Gasteiger partial charge < -0.3 is 9.84 Å². The Morgan fingerprint density at radius 2 is 1.89 bits per heavy atom. The van der Waals surface area contributed by atoms with Crippen LogP contribution in [-0.4, -0.2) is 16.5 Å². The summed E-state index contributed by atoms with van der Waals surface area (Å²) in [7, 11) is 0. The molecular formula is C15H20O2S. The number of phenols is 1. The van der Waals surface area contributed by atoms with Gasteiger partial charge >= 0.3 is 0 Å². The molecular weight excluding hydrogens is 244 g/mol. The van der Waals surface area contributed by atoms with E-state index in [9.17, 15) is 5.11 Å². The number of benzene rings is 1. The average Bonchev–Trinajstić information content (AvgIpc) is 2.34. The first-order valence-corrected chi connectivity index (χ1v) is 7.16. The highest BCUT2D eigenvalue weighted by molar-refractivity contribution is 7.99. The fourth-order valence-electron chi connectivity index (χ4n) is 2.29. The maximum Gasteiger partial charge on any atom is 0.137 e. The molecule has 1 aromatic carbocycles. The lowest BCUT2D eigenvalue weighted by molar-refractivity contribution is 0.155. The molecule has 0 amide bonds. The summed E-state index contributed by atoms with van der Waals surface area (Å²) in [6.07, 6.45) is 4.13. The Bertz CT molecular complexity index is 520. The number of hydrogen-bond acceptors (Lipinski definition) is 3. The van der Waals surface area contributed by atoms with Crippen LogP contribution >= 0.6 is 11.8 Å². The van der Waals surface area contributed by atoms with E-state index in [0.29, 0.717) is 5.75 Å². The van der Waals surface area contributed by atoms with E-state index in [2.05, 4.69) is 13.0 Å². The minimum atomic E-state index is -0.257. The predicted octanol–water partition coefficient (Wildman–Crippen LogP) is 4.14. The van der Waals surface area contributed by atoms with Gasteiger partial charge in [-0.15, -0.1) is 11.8 Å². The Kier molecular flexibility index (Phi) is 3.37. The summed E-state index contributed by atoms with van der Waals surface area (Å²) in [5, 5.41) is 10.1. The number of phenolic OH excluding ortho intramolecular Hbond substituents is 1. The normalized spacial score (nSPS) is 22.9. The molecule has 3 heteroatoms. The lowest BCUT2D eigenvalue weighted by Gasteiger charge is -2.35. The largest absolute Gasteiger partial charge is 0.507 e. The molecule has 0 bridgehead atoms. The van der Waals surface area contributed by atoms with Gasteiger partial charge in [0.25, 0.3) is 0 Å². The molecule has 98 valence electrons. The number of aromatic hydroxyl groups is 1. The van der Waals surface area contributed by atoms with Crippen LogP contribution in [0, 0.1) is 20.8 Å². The number of allylic oxidation sites excluding steroid dienone is 1. The predicted molar refractivity (Wildman–Crippen MR) is 76.9 cm³/mol. The minimum absolute atomic E-state index is 0.257. The summed E-state index contributed by atoms with van der Waals surface area (Å²) in [6.45, 7) is 10.0. The van der Waals surface area contributed by atoms with Crippen molar-refractivity contribution in [2.75, 3.05) is 5.75 Å². The number of fused-ring (bicyclic) bond motifs is 1. The van der Waals surface area contributed by atoms with E-state index in [0.717, 1.165) is 33.1 Å². The van der Waals surface area contributed by atoms with Gasteiger partial charge in [-0.3, -0.25) is 0 Å². The Morgan fingerprint density at radius 3 is 2.50 bits per heavy atom. The number of rotatable bonds is 1. The molecule has 0 aliphatic carbocycles. The average molecular weight is 264 g/mol. The fourth-order valence-corrected chi connectivity index (χ4v) is 3.51. The highest BCUT2D eigenvalue weighted by atomic mass is 32.2. The van der Waals surface area contributed by atoms with Crippen LogP contribution in [-0.2, 0) is 0 Å². The number of thioether (sulfide) groups is 1. The topological polar surface area (TPSA) is 29.5 Å². The van der Waals surface area contributed by atoms with Gasteiger partial charge in [0.05, 0.1) is 4.90 Å². The van der Waals surface area contributed by atoms with Crippen molar-refractivity contribution >= 4 is 11.8 Å². The van der Waals surface area contributed by atoms with Crippen molar-refractivity contribution in [3.05, 3.63) is 28.8 Å². The molecule has 0 spiro atoms. The first-order chi connectivity index (χ1) is 8.39. The van der Waals surface area contributed by atoms with Gasteiger partial charge in [-0.25, -0.2) is 0 Å². The molecule has 1 aliphatic rings. The first-order valence-electron chi connectivity index (χ1n) is 6.18. The van der Waals surface area contributed by atoms with Crippen molar-refractivity contribution in [2.45, 2.75) is 45.1 Å². The van der Waals surface area contributed by atoms with Gasteiger partial charge in [-0.2, -0.15) is 0 Å². The molecule has 2 rings (SSSR count). The van der Waals surface area contributed by atoms with Gasteiger partial charge in [-0.1, -0.05) is 6.08 Å². The summed E-state index contributed by atoms with van der Waals surface area (Å²) >= 11 is 1.76. The van der Waals surface area contributed by atoms with Crippen molar-refractivity contribution in [2.24, 2.45) is 0 Å². The molecule has 0 aromatic heterocycles. The zero-order chi connectivity index (χ0) is 13.5. The molecule has 1 heterocycles. The van der Waals surface area contributed by atoms with E-state index in [-0.39, 0.29) is 5.60 Å². The van der Waals surface area contributed by atoms with Crippen LogP contribution < -0.4 is 4.74 Å². The second kappa shape index (κ2) is 4.54. The van der Waals surface area contributed by atoms with Gasteiger partial charge in [0.2, 0.25) is 0 Å². The lowest BCUT2D eigenvalue weighted by Crippen LogP contribution is -2.36. The van der Waals surface area contributed by atoms with E-state index < -0.39 is 0 Å². The van der Waals surface area contributed by atoms with Crippen molar-refractivity contribution in [1.82, 2.24) is 0 Å². The quantitative estimate of drug-likeness (QED) is 0.773. The van der Waals surface area contributed by atoms with Crippen LogP contribution in [0.3, 0.4) is 0 Å². The maximum absolute atomic E-state index is 10.1. The van der Waals surface area contributed by atoms with Crippen molar-refractivity contribution in [1.29, 1.82) is 0 Å². The van der Waals surface area contributed by atoms with E-state index in [1.165, 1.54) is 0 Å². The summed E-state index contributed by atoms with van der Waals surface area (Å²) in [6, 6.07) is 0. The van der Waals surface area contributed by atoms with Crippen molar-refractivity contribution in [3.63, 3.8) is 0 Å². The monoisotopic (exact) mass is 264 g/mol. The van der Waals surface area contributed by atoms with Gasteiger partial charge in [0, 0.05) is 11.3 Å². The van der Waals surface area contributed by atoms with E-state index in [4.69, 9.17) is 4.74 Å². The van der Waals surface area contributed by atoms with Crippen LogP contribution in [0.4, 0.5) is 0 Å². The molecule has 1 atom stereocenters. The Hall–Kier alpha value is -1.09. The highest BCUT2D eigenvalue weighted by Crippen LogP contribution is 2.48. The molecule has 18 heavy (non-hydrogen) atoms. The Morgan fingerprint density at radius 1 is 1.22 bits per heavy atom. The summed E-state index contributed by atoms with van der Waals surface area (Å²) < 4.78 is 6.19. The summed E-state index contributed by atoms with van der Waals surface area (Å²) in [5.74, 6) is 2.20. The molecule has 2 nitrogen and oxygen atoms in total. The maximum atomic E-state index is 10.1. The zero-order valence-electron chi connectivity index (χ0n) is 11.6. The molecule has 1 aliphatic heterocycles. The van der Waals surface area contributed by atoms with Crippen molar-refractivity contribution in [3.8, 4) is 11.5 Å². The third-order valence-electron chi connectivity index (χ3n) is 3.52. The molecule has 0 radical (unpaired) electrons. The number of hydrogen-bond donors (Lipinski definition) is 1. The molecule has 1 unspecified atom stereocenters. The summed E-state index contributed by atoms with van der Waals surface area (Å²) in [5.41, 5.74) is 2.63. The van der Waals surface area contributed by atoms with Crippen LogP contribution in [0.2, 0.25) is 0 Å². The van der Waals surface area contributed by atoms with Crippen LogP contribution in [0.1, 0.15) is 30.5 Å². The van der Waals surface area contributed by atoms with E-state index in [1.807, 2.05) is 33.8 Å². The molecule has 0 saturated heterocycles. The van der Waals surface area contributed by atoms with Crippen molar-refractivity contribution < 1.29 is 9.84 Å². The van der Waals surface area contributed by atoms with Gasteiger partial charge in [0.15, 0.2) is 0 Å².